The van der Waals surface area contributed by atoms with Crippen LogP contribution in [0.15, 0.2) is 60.8 Å². The molecule has 0 amide bonds. The lowest BCUT2D eigenvalue weighted by Crippen LogP contribution is -1.94. The van der Waals surface area contributed by atoms with Crippen LogP contribution in [0.1, 0.15) is 11.1 Å². The summed E-state index contributed by atoms with van der Waals surface area (Å²) in [6.07, 6.45) is 5.26. The number of para-hydroxylation sites is 1. The van der Waals surface area contributed by atoms with Crippen molar-refractivity contribution in [1.29, 1.82) is 0 Å². The van der Waals surface area contributed by atoms with Crippen LogP contribution < -0.4 is 0 Å². The summed E-state index contributed by atoms with van der Waals surface area (Å²) in [6, 6.07) is 16.5. The van der Waals surface area contributed by atoms with Gasteiger partial charge in [-0.25, -0.2) is 4.79 Å². The highest BCUT2D eigenvalue weighted by Gasteiger charge is 2.05. The Morgan fingerprint density at radius 1 is 1.14 bits per heavy atom. The maximum absolute atomic E-state index is 11.2. The maximum atomic E-state index is 11.2. The van der Waals surface area contributed by atoms with Gasteiger partial charge in [-0.15, -0.1) is 0 Å². The molecule has 0 saturated heterocycles. The van der Waals surface area contributed by atoms with Gasteiger partial charge in [-0.2, -0.15) is 0 Å². The molecule has 0 aliphatic heterocycles. The SMILES string of the molecule is COC(=O)/C=C/c1ccc2c(ccn2-c2ccccc2C)c1. The third-order valence-corrected chi connectivity index (χ3v) is 3.70. The second-order valence-electron chi connectivity index (χ2n) is 5.15. The molecule has 0 aliphatic rings. The molecule has 0 fully saturated rings. The first-order chi connectivity index (χ1) is 10.7. The van der Waals surface area contributed by atoms with Crippen molar-refractivity contribution in [2.75, 3.05) is 7.11 Å². The zero-order valence-corrected chi connectivity index (χ0v) is 12.6. The van der Waals surface area contributed by atoms with Gasteiger partial charge in [-0.1, -0.05) is 24.3 Å². The molecule has 0 spiro atoms. The smallest absolute Gasteiger partial charge is 0.330 e. The quantitative estimate of drug-likeness (QED) is 0.537. The van der Waals surface area contributed by atoms with Gasteiger partial charge in [0.25, 0.3) is 0 Å². The van der Waals surface area contributed by atoms with E-state index in [4.69, 9.17) is 0 Å². The molecule has 0 aliphatic carbocycles. The molecule has 3 rings (SSSR count). The van der Waals surface area contributed by atoms with Crippen LogP contribution in [0.25, 0.3) is 22.7 Å². The number of esters is 1. The summed E-state index contributed by atoms with van der Waals surface area (Å²) >= 11 is 0. The minimum absolute atomic E-state index is 0.349. The van der Waals surface area contributed by atoms with E-state index in [9.17, 15) is 4.79 Å². The van der Waals surface area contributed by atoms with Gasteiger partial charge in [0.2, 0.25) is 0 Å². The first kappa shape index (κ1) is 14.1. The Morgan fingerprint density at radius 3 is 2.73 bits per heavy atom. The summed E-state index contributed by atoms with van der Waals surface area (Å²) < 4.78 is 6.78. The minimum Gasteiger partial charge on any atom is -0.466 e. The molecule has 3 nitrogen and oxygen atoms in total. The third-order valence-electron chi connectivity index (χ3n) is 3.70. The van der Waals surface area contributed by atoms with E-state index in [1.54, 1.807) is 6.08 Å². The first-order valence-electron chi connectivity index (χ1n) is 7.12. The zero-order valence-electron chi connectivity index (χ0n) is 12.6. The fraction of sp³-hybridized carbons (Fsp3) is 0.105. The van der Waals surface area contributed by atoms with Crippen LogP contribution in [0, 0.1) is 6.92 Å². The van der Waals surface area contributed by atoms with E-state index < -0.39 is 0 Å². The molecule has 3 heteroatoms. The van der Waals surface area contributed by atoms with Gasteiger partial charge >= 0.3 is 5.97 Å². The number of fused-ring (bicyclic) bond motifs is 1. The second-order valence-corrected chi connectivity index (χ2v) is 5.15. The molecule has 0 atom stereocenters. The highest BCUT2D eigenvalue weighted by Crippen LogP contribution is 2.24. The Bertz CT molecular complexity index is 859. The summed E-state index contributed by atoms with van der Waals surface area (Å²) in [4.78, 5) is 11.2. The van der Waals surface area contributed by atoms with Crippen LogP contribution in [0.4, 0.5) is 0 Å². The predicted molar refractivity (Wildman–Crippen MR) is 89.1 cm³/mol. The summed E-state index contributed by atoms with van der Waals surface area (Å²) in [6.45, 7) is 2.11. The van der Waals surface area contributed by atoms with E-state index in [1.165, 1.54) is 24.4 Å². The van der Waals surface area contributed by atoms with Crippen molar-refractivity contribution < 1.29 is 9.53 Å². The van der Waals surface area contributed by atoms with Crippen molar-refractivity contribution in [3.05, 3.63) is 71.9 Å². The first-order valence-corrected chi connectivity index (χ1v) is 7.12. The van der Waals surface area contributed by atoms with Crippen molar-refractivity contribution in [2.24, 2.45) is 0 Å². The monoisotopic (exact) mass is 291 g/mol. The molecule has 0 saturated carbocycles. The molecular weight excluding hydrogens is 274 g/mol. The lowest BCUT2D eigenvalue weighted by molar-refractivity contribution is -0.134. The van der Waals surface area contributed by atoms with Crippen molar-refractivity contribution in [3.8, 4) is 5.69 Å². The Morgan fingerprint density at radius 2 is 1.95 bits per heavy atom. The number of rotatable bonds is 3. The van der Waals surface area contributed by atoms with Crippen molar-refractivity contribution in [3.63, 3.8) is 0 Å². The summed E-state index contributed by atoms with van der Waals surface area (Å²) in [5, 5.41) is 1.13. The lowest BCUT2D eigenvalue weighted by Gasteiger charge is -2.08. The molecule has 1 aromatic heterocycles. The van der Waals surface area contributed by atoms with Crippen molar-refractivity contribution >= 4 is 22.9 Å². The fourth-order valence-electron chi connectivity index (χ4n) is 2.54. The van der Waals surface area contributed by atoms with E-state index in [1.807, 2.05) is 18.2 Å². The Kier molecular flexibility index (Phi) is 3.79. The molecule has 0 N–H and O–H groups in total. The van der Waals surface area contributed by atoms with E-state index in [0.717, 1.165) is 16.5 Å². The molecule has 3 aromatic rings. The topological polar surface area (TPSA) is 31.2 Å². The predicted octanol–water partition coefficient (Wildman–Crippen LogP) is 4.13. The number of hydrogen-bond donors (Lipinski definition) is 0. The molecule has 0 bridgehead atoms. The number of carbonyl (C=O) groups excluding carboxylic acids is 1. The molecule has 0 radical (unpaired) electrons. The van der Waals surface area contributed by atoms with Gasteiger partial charge in [0, 0.05) is 23.3 Å². The van der Waals surface area contributed by atoms with Crippen LogP contribution in [-0.4, -0.2) is 17.6 Å². The van der Waals surface area contributed by atoms with Gasteiger partial charge in [0.1, 0.15) is 0 Å². The largest absolute Gasteiger partial charge is 0.466 e. The van der Waals surface area contributed by atoms with Gasteiger partial charge < -0.3 is 9.30 Å². The number of carbonyl (C=O) groups is 1. The van der Waals surface area contributed by atoms with Gasteiger partial charge in [0.05, 0.1) is 12.6 Å². The van der Waals surface area contributed by atoms with Crippen molar-refractivity contribution in [2.45, 2.75) is 6.92 Å². The standard InChI is InChI=1S/C19H17NO2/c1-14-5-3-4-6-17(14)20-12-11-16-13-15(7-9-18(16)20)8-10-19(21)22-2/h3-13H,1-2H3/b10-8+. The van der Waals surface area contributed by atoms with Gasteiger partial charge in [-0.3, -0.25) is 0 Å². The number of benzene rings is 2. The fourth-order valence-corrected chi connectivity index (χ4v) is 2.54. The Labute approximate surface area is 129 Å². The van der Waals surface area contributed by atoms with E-state index in [2.05, 4.69) is 52.8 Å². The van der Waals surface area contributed by atoms with Crippen LogP contribution in [-0.2, 0) is 9.53 Å². The van der Waals surface area contributed by atoms with Crippen molar-refractivity contribution in [1.82, 2.24) is 4.57 Å². The number of hydrogen-bond acceptors (Lipinski definition) is 2. The van der Waals surface area contributed by atoms with E-state index in [-0.39, 0.29) is 5.97 Å². The maximum Gasteiger partial charge on any atom is 0.330 e. The van der Waals surface area contributed by atoms with Crippen LogP contribution in [0.2, 0.25) is 0 Å². The summed E-state index contributed by atoms with van der Waals surface area (Å²) in [7, 11) is 1.37. The normalized spacial score (nSPS) is 11.2. The van der Waals surface area contributed by atoms with Crippen LogP contribution in [0.3, 0.4) is 0 Å². The van der Waals surface area contributed by atoms with E-state index in [0.29, 0.717) is 0 Å². The number of aryl methyl sites for hydroxylation is 1. The van der Waals surface area contributed by atoms with Crippen LogP contribution in [0.5, 0.6) is 0 Å². The molecule has 22 heavy (non-hydrogen) atoms. The minimum atomic E-state index is -0.349. The van der Waals surface area contributed by atoms with E-state index >= 15 is 0 Å². The number of methoxy groups -OCH3 is 1. The van der Waals surface area contributed by atoms with Gasteiger partial charge in [-0.05, 0) is 48.4 Å². The zero-order chi connectivity index (χ0) is 15.5. The average molecular weight is 291 g/mol. The number of ether oxygens (including phenoxy) is 1. The Balaban J connectivity index is 2.02. The molecule has 1 heterocycles. The number of nitrogens with zero attached hydrogens (tertiary/aromatic N) is 1. The average Bonchev–Trinajstić information content (AvgIpc) is 2.96. The molecule has 0 unspecified atom stereocenters. The highest BCUT2D eigenvalue weighted by molar-refractivity contribution is 5.89. The summed E-state index contributed by atoms with van der Waals surface area (Å²) in [5.74, 6) is -0.349. The summed E-state index contributed by atoms with van der Waals surface area (Å²) in [5.41, 5.74) is 4.52. The lowest BCUT2D eigenvalue weighted by atomic mass is 10.1. The third kappa shape index (κ3) is 2.66. The molecular formula is C19H17NO2. The molecule has 2 aromatic carbocycles. The van der Waals surface area contributed by atoms with Crippen LogP contribution >= 0.6 is 0 Å². The highest BCUT2D eigenvalue weighted by atomic mass is 16.5. The van der Waals surface area contributed by atoms with Gasteiger partial charge in [0.15, 0.2) is 0 Å². The Hall–Kier alpha value is -2.81. The number of aromatic nitrogens is 1. The second kappa shape index (κ2) is 5.90. The molecule has 110 valence electrons.